The number of nitrogens with one attached hydrogen (secondary N) is 1. The Morgan fingerprint density at radius 1 is 1.29 bits per heavy atom. The Morgan fingerprint density at radius 2 is 2.00 bits per heavy atom. The maximum atomic E-state index is 13.9. The second kappa shape index (κ2) is 5.70. The van der Waals surface area contributed by atoms with Crippen LogP contribution in [0.1, 0.15) is 15.9 Å². The van der Waals surface area contributed by atoms with E-state index in [1.165, 1.54) is 6.07 Å². The number of aromatic carboxylic acids is 1. The molecule has 0 saturated heterocycles. The normalized spacial score (nSPS) is 10.2. The van der Waals surface area contributed by atoms with Gasteiger partial charge < -0.3 is 20.9 Å². The number of aryl methyl sites for hydroxylation is 1. The Morgan fingerprint density at radius 3 is 2.57 bits per heavy atom. The van der Waals surface area contributed by atoms with Crippen LogP contribution >= 0.6 is 0 Å². The minimum absolute atomic E-state index is 0.0508. The molecule has 0 fully saturated rings. The van der Waals surface area contributed by atoms with E-state index in [1.807, 2.05) is 6.92 Å². The summed E-state index contributed by atoms with van der Waals surface area (Å²) < 4.78 is 19.0. The summed E-state index contributed by atoms with van der Waals surface area (Å²) in [5, 5.41) is 11.9. The first-order valence-corrected chi connectivity index (χ1v) is 6.16. The molecule has 0 spiro atoms. The van der Waals surface area contributed by atoms with Crippen molar-refractivity contribution in [3.63, 3.8) is 0 Å². The fourth-order valence-electron chi connectivity index (χ4n) is 1.92. The minimum Gasteiger partial charge on any atom is -0.497 e. The number of carbonyl (C=O) groups is 1. The van der Waals surface area contributed by atoms with E-state index in [0.29, 0.717) is 11.4 Å². The Labute approximate surface area is 121 Å². The van der Waals surface area contributed by atoms with Crippen LogP contribution in [0.3, 0.4) is 0 Å². The molecule has 0 amide bonds. The lowest BCUT2D eigenvalue weighted by Crippen LogP contribution is -2.05. The average molecular weight is 290 g/mol. The molecule has 0 aliphatic heterocycles. The quantitative estimate of drug-likeness (QED) is 0.753. The van der Waals surface area contributed by atoms with Gasteiger partial charge in [0.2, 0.25) is 0 Å². The molecule has 0 atom stereocenters. The van der Waals surface area contributed by atoms with Gasteiger partial charge in [0, 0.05) is 11.4 Å². The number of benzene rings is 2. The summed E-state index contributed by atoms with van der Waals surface area (Å²) in [6, 6.07) is 7.41. The number of rotatable bonds is 4. The topological polar surface area (TPSA) is 84.6 Å². The molecule has 21 heavy (non-hydrogen) atoms. The summed E-state index contributed by atoms with van der Waals surface area (Å²) in [5.41, 5.74) is 6.76. The summed E-state index contributed by atoms with van der Waals surface area (Å²) >= 11 is 0. The molecular weight excluding hydrogens is 275 g/mol. The van der Waals surface area contributed by atoms with E-state index < -0.39 is 11.8 Å². The van der Waals surface area contributed by atoms with Crippen LogP contribution in [0, 0.1) is 12.7 Å². The third kappa shape index (κ3) is 3.05. The molecule has 0 heterocycles. The lowest BCUT2D eigenvalue weighted by atomic mass is 10.1. The first kappa shape index (κ1) is 14.6. The molecule has 0 aliphatic rings. The molecule has 4 N–H and O–H groups in total. The molecule has 110 valence electrons. The zero-order valence-electron chi connectivity index (χ0n) is 11.6. The van der Waals surface area contributed by atoms with Crippen molar-refractivity contribution in [3.8, 4) is 5.75 Å². The number of methoxy groups -OCH3 is 1. The van der Waals surface area contributed by atoms with E-state index in [2.05, 4.69) is 5.32 Å². The number of hydrogen-bond donors (Lipinski definition) is 3. The zero-order valence-corrected chi connectivity index (χ0v) is 11.6. The highest BCUT2D eigenvalue weighted by Gasteiger charge is 2.14. The van der Waals surface area contributed by atoms with E-state index in [0.717, 1.165) is 11.6 Å². The second-order valence-corrected chi connectivity index (χ2v) is 4.53. The lowest BCUT2D eigenvalue weighted by Gasteiger charge is -2.13. The molecule has 0 radical (unpaired) electrons. The number of halogens is 1. The van der Waals surface area contributed by atoms with Gasteiger partial charge in [-0.25, -0.2) is 9.18 Å². The Balaban J connectivity index is 2.39. The van der Waals surface area contributed by atoms with Crippen molar-refractivity contribution in [2.24, 2.45) is 0 Å². The predicted octanol–water partition coefficient (Wildman–Crippen LogP) is 3.17. The number of ether oxygens (including phenoxy) is 1. The first-order chi connectivity index (χ1) is 9.92. The van der Waals surface area contributed by atoms with Gasteiger partial charge in [0.1, 0.15) is 11.6 Å². The van der Waals surface area contributed by atoms with E-state index in [4.69, 9.17) is 15.6 Å². The van der Waals surface area contributed by atoms with Crippen molar-refractivity contribution in [1.29, 1.82) is 0 Å². The van der Waals surface area contributed by atoms with Gasteiger partial charge >= 0.3 is 5.97 Å². The van der Waals surface area contributed by atoms with Crippen LogP contribution < -0.4 is 15.8 Å². The number of nitrogen functional groups attached to an aromatic ring is 1. The van der Waals surface area contributed by atoms with Gasteiger partial charge in [-0.15, -0.1) is 0 Å². The van der Waals surface area contributed by atoms with Crippen LogP contribution in [0.25, 0.3) is 0 Å². The van der Waals surface area contributed by atoms with Gasteiger partial charge in [-0.05, 0) is 42.8 Å². The second-order valence-electron chi connectivity index (χ2n) is 4.53. The zero-order chi connectivity index (χ0) is 15.6. The fraction of sp³-hybridized carbons (Fsp3) is 0.133. The highest BCUT2D eigenvalue weighted by Crippen LogP contribution is 2.28. The molecule has 0 aromatic heterocycles. The molecule has 0 saturated carbocycles. The standard InChI is InChI=1S/C15H15FN2O3/c1-8-5-9(21-2)3-4-13(8)18-14-6-10(15(19)20)12(17)7-11(14)16/h3-7,18H,17H2,1-2H3,(H,19,20). The molecule has 2 aromatic carbocycles. The monoisotopic (exact) mass is 290 g/mol. The summed E-state index contributed by atoms with van der Waals surface area (Å²) in [6.45, 7) is 1.83. The van der Waals surface area contributed by atoms with Crippen LogP contribution in [0.2, 0.25) is 0 Å². The van der Waals surface area contributed by atoms with E-state index in [1.54, 1.807) is 25.3 Å². The maximum Gasteiger partial charge on any atom is 0.337 e. The number of hydrogen-bond acceptors (Lipinski definition) is 4. The van der Waals surface area contributed by atoms with Crippen molar-refractivity contribution in [2.75, 3.05) is 18.2 Å². The average Bonchev–Trinajstić information content (AvgIpc) is 2.43. The van der Waals surface area contributed by atoms with Crippen molar-refractivity contribution in [2.45, 2.75) is 6.92 Å². The Kier molecular flexibility index (Phi) is 3.98. The molecule has 0 unspecified atom stereocenters. The van der Waals surface area contributed by atoms with Crippen LogP contribution in [-0.4, -0.2) is 18.2 Å². The smallest absolute Gasteiger partial charge is 0.337 e. The van der Waals surface area contributed by atoms with E-state index in [-0.39, 0.29) is 16.9 Å². The summed E-state index contributed by atoms with van der Waals surface area (Å²) in [5.74, 6) is -1.14. The number of carboxylic acid groups (broad SMARTS) is 1. The number of nitrogens with two attached hydrogens (primary N) is 1. The van der Waals surface area contributed by atoms with Crippen LogP contribution in [-0.2, 0) is 0 Å². The van der Waals surface area contributed by atoms with Crippen LogP contribution in [0.5, 0.6) is 5.75 Å². The largest absolute Gasteiger partial charge is 0.497 e. The molecular formula is C15H15FN2O3. The number of carboxylic acids is 1. The minimum atomic E-state index is -1.21. The van der Waals surface area contributed by atoms with Gasteiger partial charge in [-0.2, -0.15) is 0 Å². The molecule has 2 rings (SSSR count). The third-order valence-electron chi connectivity index (χ3n) is 3.07. The van der Waals surface area contributed by atoms with Gasteiger partial charge in [0.05, 0.1) is 18.4 Å². The fourth-order valence-corrected chi connectivity index (χ4v) is 1.92. The van der Waals surface area contributed by atoms with Crippen LogP contribution in [0.15, 0.2) is 30.3 Å². The summed E-state index contributed by atoms with van der Waals surface area (Å²) in [7, 11) is 1.56. The SMILES string of the molecule is COc1ccc(Nc2cc(C(=O)O)c(N)cc2F)c(C)c1. The van der Waals surface area contributed by atoms with Gasteiger partial charge in [-0.3, -0.25) is 0 Å². The van der Waals surface area contributed by atoms with Crippen molar-refractivity contribution < 1.29 is 19.0 Å². The van der Waals surface area contributed by atoms with Gasteiger partial charge in [0.25, 0.3) is 0 Å². The van der Waals surface area contributed by atoms with E-state index in [9.17, 15) is 9.18 Å². The predicted molar refractivity (Wildman–Crippen MR) is 78.8 cm³/mol. The Bertz CT molecular complexity index is 702. The van der Waals surface area contributed by atoms with Gasteiger partial charge in [0.15, 0.2) is 0 Å². The van der Waals surface area contributed by atoms with Crippen LogP contribution in [0.4, 0.5) is 21.5 Å². The Hall–Kier alpha value is -2.76. The number of anilines is 3. The third-order valence-corrected chi connectivity index (χ3v) is 3.07. The molecule has 5 nitrogen and oxygen atoms in total. The summed E-state index contributed by atoms with van der Waals surface area (Å²) in [4.78, 5) is 11.0. The molecule has 0 bridgehead atoms. The van der Waals surface area contributed by atoms with Crippen molar-refractivity contribution in [1.82, 2.24) is 0 Å². The molecule has 6 heteroatoms. The highest BCUT2D eigenvalue weighted by atomic mass is 19.1. The van der Waals surface area contributed by atoms with E-state index >= 15 is 0 Å². The molecule has 0 aliphatic carbocycles. The van der Waals surface area contributed by atoms with Crippen molar-refractivity contribution in [3.05, 3.63) is 47.3 Å². The maximum absolute atomic E-state index is 13.9. The van der Waals surface area contributed by atoms with Crippen molar-refractivity contribution >= 4 is 23.0 Å². The lowest BCUT2D eigenvalue weighted by molar-refractivity contribution is 0.0698. The molecule has 2 aromatic rings. The van der Waals surface area contributed by atoms with Gasteiger partial charge in [-0.1, -0.05) is 0 Å². The first-order valence-electron chi connectivity index (χ1n) is 6.16. The summed E-state index contributed by atoms with van der Waals surface area (Å²) in [6.07, 6.45) is 0. The highest BCUT2D eigenvalue weighted by molar-refractivity contribution is 5.95.